The second kappa shape index (κ2) is 7.23. The number of carbonyl (C=O) groups excluding carboxylic acids is 1. The van der Waals surface area contributed by atoms with Gasteiger partial charge in [-0.05, 0) is 36.2 Å². The van der Waals surface area contributed by atoms with E-state index in [0.29, 0.717) is 11.3 Å². The van der Waals surface area contributed by atoms with Crippen molar-refractivity contribution in [1.82, 2.24) is 5.01 Å². The van der Waals surface area contributed by atoms with Gasteiger partial charge in [-0.2, -0.15) is 23.3 Å². The first kappa shape index (κ1) is 19.8. The van der Waals surface area contributed by atoms with Crippen molar-refractivity contribution in [3.63, 3.8) is 0 Å². The molecule has 0 aromatic heterocycles. The summed E-state index contributed by atoms with van der Waals surface area (Å²) in [7, 11) is 0. The predicted octanol–water partition coefficient (Wildman–Crippen LogP) is 3.40. The third-order valence-electron chi connectivity index (χ3n) is 4.30. The van der Waals surface area contributed by atoms with E-state index < -0.39 is 36.7 Å². The predicted molar refractivity (Wildman–Crippen MR) is 92.1 cm³/mol. The smallest absolute Gasteiger partial charge is 0.438 e. The van der Waals surface area contributed by atoms with Gasteiger partial charge >= 0.3 is 6.18 Å². The molecule has 0 saturated heterocycles. The van der Waals surface area contributed by atoms with Gasteiger partial charge in [-0.3, -0.25) is 4.79 Å². The third kappa shape index (κ3) is 3.70. The molecule has 1 aliphatic heterocycles. The Balaban J connectivity index is 1.86. The molecule has 9 heteroatoms. The molecule has 2 aromatic rings. The molecule has 2 aromatic carbocycles. The van der Waals surface area contributed by atoms with Crippen molar-refractivity contribution in [2.45, 2.75) is 25.2 Å². The summed E-state index contributed by atoms with van der Waals surface area (Å²) in [6.07, 6.45) is -6.13. The number of aryl methyl sites for hydroxylation is 1. The van der Waals surface area contributed by atoms with Crippen LogP contribution in [-0.4, -0.2) is 40.2 Å². The summed E-state index contributed by atoms with van der Waals surface area (Å²) < 4.78 is 58.9. The van der Waals surface area contributed by atoms with Crippen LogP contribution in [0.25, 0.3) is 0 Å². The van der Waals surface area contributed by atoms with Crippen LogP contribution in [0.3, 0.4) is 0 Å². The number of amides is 1. The molecule has 1 heterocycles. The lowest BCUT2D eigenvalue weighted by atomic mass is 10.0. The van der Waals surface area contributed by atoms with E-state index in [1.54, 1.807) is 31.2 Å². The minimum Gasteiger partial charge on any atom is -0.483 e. The fourth-order valence-electron chi connectivity index (χ4n) is 2.75. The Labute approximate surface area is 157 Å². The van der Waals surface area contributed by atoms with Crippen molar-refractivity contribution < 1.29 is 32.2 Å². The second-order valence-corrected chi connectivity index (χ2v) is 6.30. The summed E-state index contributed by atoms with van der Waals surface area (Å²) in [5.74, 6) is -1.42. The molecule has 0 saturated carbocycles. The largest absolute Gasteiger partial charge is 0.483 e. The highest BCUT2D eigenvalue weighted by atomic mass is 19.4. The number of alkyl halides is 3. The van der Waals surface area contributed by atoms with Crippen molar-refractivity contribution in [3.05, 3.63) is 65.5 Å². The van der Waals surface area contributed by atoms with Crippen molar-refractivity contribution in [2.75, 3.05) is 6.61 Å². The fourth-order valence-corrected chi connectivity index (χ4v) is 2.75. The summed E-state index contributed by atoms with van der Waals surface area (Å²) in [4.78, 5) is 12.4. The first-order valence-corrected chi connectivity index (χ1v) is 8.26. The van der Waals surface area contributed by atoms with Gasteiger partial charge in [0.1, 0.15) is 11.6 Å². The highest BCUT2D eigenvalue weighted by Gasteiger charge is 2.63. The number of hydrogen-bond acceptors (Lipinski definition) is 4. The van der Waals surface area contributed by atoms with Crippen LogP contribution >= 0.6 is 0 Å². The quantitative estimate of drug-likeness (QED) is 0.806. The van der Waals surface area contributed by atoms with Gasteiger partial charge in [0, 0.05) is 0 Å². The molecule has 5 nitrogen and oxygen atoms in total. The molecule has 28 heavy (non-hydrogen) atoms. The van der Waals surface area contributed by atoms with Gasteiger partial charge in [0.15, 0.2) is 6.61 Å². The Morgan fingerprint density at radius 3 is 2.46 bits per heavy atom. The molecule has 0 aliphatic carbocycles. The highest BCUT2D eigenvalue weighted by Crippen LogP contribution is 2.41. The third-order valence-corrected chi connectivity index (χ3v) is 4.30. The molecular weight excluding hydrogens is 380 g/mol. The lowest BCUT2D eigenvalue weighted by Crippen LogP contribution is -2.57. The number of benzene rings is 2. The maximum absolute atomic E-state index is 13.5. The van der Waals surface area contributed by atoms with E-state index in [-0.39, 0.29) is 16.3 Å². The van der Waals surface area contributed by atoms with Gasteiger partial charge in [-0.15, -0.1) is 0 Å². The van der Waals surface area contributed by atoms with E-state index in [2.05, 4.69) is 5.10 Å². The number of hydrazone groups is 1. The van der Waals surface area contributed by atoms with Gasteiger partial charge in [0.05, 0.1) is 12.1 Å². The SMILES string of the molecule is Cc1ccccc1OCC(=O)N1N=C(c2ccc(F)cc2)CC1(O)C(F)(F)F. The summed E-state index contributed by atoms with van der Waals surface area (Å²) >= 11 is 0. The Bertz CT molecular complexity index is 912. The molecule has 1 aliphatic rings. The van der Waals surface area contributed by atoms with Gasteiger partial charge in [0.25, 0.3) is 11.6 Å². The van der Waals surface area contributed by atoms with Gasteiger partial charge in [-0.25, -0.2) is 4.39 Å². The zero-order valence-corrected chi connectivity index (χ0v) is 14.7. The first-order chi connectivity index (χ1) is 13.1. The van der Waals surface area contributed by atoms with Crippen molar-refractivity contribution in [3.8, 4) is 5.75 Å². The maximum atomic E-state index is 13.5. The van der Waals surface area contributed by atoms with E-state index in [1.807, 2.05) is 0 Å². The van der Waals surface area contributed by atoms with E-state index >= 15 is 0 Å². The van der Waals surface area contributed by atoms with Crippen LogP contribution in [0.15, 0.2) is 53.6 Å². The van der Waals surface area contributed by atoms with Gasteiger partial charge < -0.3 is 9.84 Å². The zero-order chi connectivity index (χ0) is 20.5. The Kier molecular flexibility index (Phi) is 5.12. The molecule has 1 atom stereocenters. The van der Waals surface area contributed by atoms with Crippen LogP contribution in [0.1, 0.15) is 17.5 Å². The average molecular weight is 396 g/mol. The molecule has 1 N–H and O–H groups in total. The molecule has 0 fully saturated rings. The van der Waals surface area contributed by atoms with Crippen LogP contribution < -0.4 is 4.74 Å². The Morgan fingerprint density at radius 1 is 1.21 bits per heavy atom. The molecule has 3 rings (SSSR count). The van der Waals surface area contributed by atoms with E-state index in [4.69, 9.17) is 4.74 Å². The summed E-state index contributed by atoms with van der Waals surface area (Å²) in [6, 6.07) is 11.2. The van der Waals surface area contributed by atoms with Crippen LogP contribution in [0.2, 0.25) is 0 Å². The Hall–Kier alpha value is -2.94. The summed E-state index contributed by atoms with van der Waals surface area (Å²) in [6.45, 7) is 0.968. The normalized spacial score (nSPS) is 19.5. The van der Waals surface area contributed by atoms with Crippen LogP contribution in [0, 0.1) is 12.7 Å². The highest BCUT2D eigenvalue weighted by molar-refractivity contribution is 6.03. The van der Waals surface area contributed by atoms with E-state index in [0.717, 1.165) is 12.1 Å². The minimum absolute atomic E-state index is 0.00996. The lowest BCUT2D eigenvalue weighted by Gasteiger charge is -2.32. The maximum Gasteiger partial charge on any atom is 0.438 e. The van der Waals surface area contributed by atoms with Crippen molar-refractivity contribution in [1.29, 1.82) is 0 Å². The number of rotatable bonds is 4. The second-order valence-electron chi connectivity index (χ2n) is 6.30. The summed E-state index contributed by atoms with van der Waals surface area (Å²) in [5, 5.41) is 13.9. The molecule has 148 valence electrons. The zero-order valence-electron chi connectivity index (χ0n) is 14.7. The van der Waals surface area contributed by atoms with Gasteiger partial charge in [0.2, 0.25) is 0 Å². The van der Waals surface area contributed by atoms with Crippen LogP contribution in [0.4, 0.5) is 17.6 Å². The monoisotopic (exact) mass is 396 g/mol. The lowest BCUT2D eigenvalue weighted by molar-refractivity contribution is -0.302. The van der Waals surface area contributed by atoms with Crippen molar-refractivity contribution in [2.24, 2.45) is 5.10 Å². The average Bonchev–Trinajstić information content (AvgIpc) is 3.00. The first-order valence-electron chi connectivity index (χ1n) is 8.26. The van der Waals surface area contributed by atoms with Gasteiger partial charge in [-0.1, -0.05) is 30.3 Å². The molecule has 0 radical (unpaired) electrons. The number of nitrogens with zero attached hydrogens (tertiary/aromatic N) is 2. The number of halogens is 4. The minimum atomic E-state index is -5.16. The van der Waals surface area contributed by atoms with Crippen LogP contribution in [-0.2, 0) is 4.79 Å². The molecule has 1 unspecified atom stereocenters. The number of ether oxygens (including phenoxy) is 1. The molecule has 0 spiro atoms. The topological polar surface area (TPSA) is 62.1 Å². The fraction of sp³-hybridized carbons (Fsp3) is 0.263. The Morgan fingerprint density at radius 2 is 1.86 bits per heavy atom. The van der Waals surface area contributed by atoms with Crippen LogP contribution in [0.5, 0.6) is 5.75 Å². The number of aliphatic hydroxyl groups is 1. The van der Waals surface area contributed by atoms with E-state index in [9.17, 15) is 27.5 Å². The number of hydrogen-bond donors (Lipinski definition) is 1. The number of para-hydroxylation sites is 1. The standard InChI is InChI=1S/C19H16F4N2O3/c1-12-4-2-3-5-16(12)28-11-17(26)25-18(27,19(21,22)23)10-15(24-25)13-6-8-14(20)9-7-13/h2-9,27H,10-11H2,1H3. The van der Waals surface area contributed by atoms with Crippen molar-refractivity contribution >= 4 is 11.6 Å². The number of carbonyl (C=O) groups is 1. The molecular formula is C19H16F4N2O3. The van der Waals surface area contributed by atoms with E-state index in [1.165, 1.54) is 12.1 Å². The summed E-state index contributed by atoms with van der Waals surface area (Å²) in [5.41, 5.74) is -2.84. The molecule has 1 amide bonds. The molecule has 0 bridgehead atoms.